The Morgan fingerprint density at radius 1 is 0.351 bits per heavy atom. The zero-order valence-corrected chi connectivity index (χ0v) is 32.1. The molecule has 5 heteroatoms. The minimum Gasteiger partial charge on any atom is -0.455 e. The molecule has 12 rings (SSSR count). The lowest BCUT2D eigenvalue weighted by Gasteiger charge is -2.32. The first kappa shape index (κ1) is 32.8. The molecule has 0 atom stereocenters. The van der Waals surface area contributed by atoms with Crippen LogP contribution in [0.2, 0.25) is 0 Å². The standard InChI is InChI=1S/C52H37BO4/c1-51(2)52(3,4)57-53(56-51)32-28-30(33-23-13-25-43-45-39-19-9-5-15-35(39)37-17-7-11-21-41(37)49(45)54-47(33)43)27-31(29-32)34-24-14-26-44-46-40-20-10-6-16-36(40)38-18-8-12-22-42(38)50(46)55-48(34)44/h5-29H,1-4H3. The van der Waals surface area contributed by atoms with Gasteiger partial charge in [0, 0.05) is 43.4 Å². The third-order valence-corrected chi connectivity index (χ3v) is 12.9. The molecule has 1 aliphatic heterocycles. The van der Waals surface area contributed by atoms with Gasteiger partial charge in [-0.25, -0.2) is 0 Å². The van der Waals surface area contributed by atoms with E-state index in [4.69, 9.17) is 18.1 Å². The highest BCUT2D eigenvalue weighted by molar-refractivity contribution is 6.62. The summed E-state index contributed by atoms with van der Waals surface area (Å²) in [5.74, 6) is 0. The SMILES string of the molecule is CC1(C)OB(c2cc(-c3cccc4c3oc3c5ccccc5c5ccccc5c43)cc(-c3cccc4c3oc3c5ccccc5c5ccccc5c43)c2)OC1(C)C. The second kappa shape index (κ2) is 11.6. The van der Waals surface area contributed by atoms with Crippen LogP contribution >= 0.6 is 0 Å². The Morgan fingerprint density at radius 3 is 1.12 bits per heavy atom. The Morgan fingerprint density at radius 2 is 0.702 bits per heavy atom. The molecular weight excluding hydrogens is 699 g/mol. The molecule has 4 nitrogen and oxygen atoms in total. The predicted molar refractivity (Wildman–Crippen MR) is 238 cm³/mol. The fourth-order valence-corrected chi connectivity index (χ4v) is 9.39. The zero-order chi connectivity index (χ0) is 38.2. The van der Waals surface area contributed by atoms with E-state index in [-0.39, 0.29) is 0 Å². The van der Waals surface area contributed by atoms with E-state index in [0.717, 1.165) is 82.4 Å². The average molecular weight is 737 g/mol. The number of furan rings is 2. The summed E-state index contributed by atoms with van der Waals surface area (Å²) in [5.41, 5.74) is 7.48. The first-order chi connectivity index (χ1) is 27.8. The van der Waals surface area contributed by atoms with Crippen LogP contribution in [0.5, 0.6) is 0 Å². The second-order valence-corrected chi connectivity index (χ2v) is 16.6. The topological polar surface area (TPSA) is 44.7 Å². The molecule has 3 heterocycles. The van der Waals surface area contributed by atoms with Crippen LogP contribution in [0.25, 0.3) is 109 Å². The van der Waals surface area contributed by atoms with Crippen LogP contribution in [0.15, 0.2) is 160 Å². The third-order valence-electron chi connectivity index (χ3n) is 12.9. The van der Waals surface area contributed by atoms with Crippen LogP contribution in [0.4, 0.5) is 0 Å². The van der Waals surface area contributed by atoms with Crippen molar-refractivity contribution in [3.05, 3.63) is 152 Å². The van der Waals surface area contributed by atoms with Gasteiger partial charge in [0.1, 0.15) is 22.3 Å². The van der Waals surface area contributed by atoms with Crippen molar-refractivity contribution in [3.63, 3.8) is 0 Å². The second-order valence-electron chi connectivity index (χ2n) is 16.6. The van der Waals surface area contributed by atoms with Crippen molar-refractivity contribution in [2.45, 2.75) is 38.9 Å². The molecular formula is C52H37BO4. The molecule has 1 saturated heterocycles. The van der Waals surface area contributed by atoms with Crippen LogP contribution in [-0.2, 0) is 9.31 Å². The molecule has 0 aliphatic carbocycles. The first-order valence-electron chi connectivity index (χ1n) is 19.8. The highest BCUT2D eigenvalue weighted by atomic mass is 16.7. The van der Waals surface area contributed by atoms with Gasteiger partial charge in [-0.15, -0.1) is 0 Å². The fourth-order valence-electron chi connectivity index (χ4n) is 9.39. The molecule has 0 unspecified atom stereocenters. The number of hydrogen-bond acceptors (Lipinski definition) is 4. The van der Waals surface area contributed by atoms with Crippen molar-refractivity contribution in [1.82, 2.24) is 0 Å². The highest BCUT2D eigenvalue weighted by Gasteiger charge is 2.52. The van der Waals surface area contributed by atoms with Crippen LogP contribution in [0.3, 0.4) is 0 Å². The van der Waals surface area contributed by atoms with Gasteiger partial charge in [-0.2, -0.15) is 0 Å². The Bertz CT molecular complexity index is 3270. The predicted octanol–water partition coefficient (Wildman–Crippen LogP) is 13.7. The summed E-state index contributed by atoms with van der Waals surface area (Å²) in [6.07, 6.45) is 0. The molecule has 2 aromatic heterocycles. The molecule has 0 amide bonds. The van der Waals surface area contributed by atoms with Gasteiger partial charge in [0.2, 0.25) is 0 Å². The van der Waals surface area contributed by atoms with E-state index in [9.17, 15) is 0 Å². The quantitative estimate of drug-likeness (QED) is 0.134. The normalized spacial score (nSPS) is 15.5. The maximum Gasteiger partial charge on any atom is 0.494 e. The van der Waals surface area contributed by atoms with Gasteiger partial charge in [0.25, 0.3) is 0 Å². The summed E-state index contributed by atoms with van der Waals surface area (Å²) in [6.45, 7) is 8.41. The molecule has 1 aliphatic rings. The monoisotopic (exact) mass is 736 g/mol. The fraction of sp³-hybridized carbons (Fsp3) is 0.115. The third kappa shape index (κ3) is 4.58. The number of fused-ring (bicyclic) bond motifs is 16. The van der Waals surface area contributed by atoms with E-state index in [2.05, 4.69) is 179 Å². The first-order valence-corrected chi connectivity index (χ1v) is 19.8. The van der Waals surface area contributed by atoms with Crippen molar-refractivity contribution in [3.8, 4) is 22.3 Å². The van der Waals surface area contributed by atoms with Gasteiger partial charge < -0.3 is 18.1 Å². The van der Waals surface area contributed by atoms with Crippen LogP contribution < -0.4 is 5.46 Å². The molecule has 0 bridgehead atoms. The van der Waals surface area contributed by atoms with E-state index in [0.29, 0.717) is 0 Å². The molecule has 9 aromatic carbocycles. The summed E-state index contributed by atoms with van der Waals surface area (Å²) in [6, 6.07) is 54.1. The molecule has 11 aromatic rings. The Hall–Kier alpha value is -6.40. The number of para-hydroxylation sites is 2. The summed E-state index contributed by atoms with van der Waals surface area (Å²) in [5, 5.41) is 13.8. The molecule has 0 spiro atoms. The van der Waals surface area contributed by atoms with Gasteiger partial charge in [-0.1, -0.05) is 146 Å². The highest BCUT2D eigenvalue weighted by Crippen LogP contribution is 2.46. The van der Waals surface area contributed by atoms with Crippen molar-refractivity contribution in [1.29, 1.82) is 0 Å². The van der Waals surface area contributed by atoms with Gasteiger partial charge in [0.15, 0.2) is 0 Å². The average Bonchev–Trinajstić information content (AvgIpc) is 3.90. The minimum atomic E-state index is -0.570. The number of benzene rings is 9. The largest absolute Gasteiger partial charge is 0.494 e. The smallest absolute Gasteiger partial charge is 0.455 e. The van der Waals surface area contributed by atoms with Gasteiger partial charge in [-0.05, 0) is 82.7 Å². The van der Waals surface area contributed by atoms with Crippen molar-refractivity contribution >= 4 is 99.5 Å². The van der Waals surface area contributed by atoms with E-state index in [1.165, 1.54) is 32.3 Å². The van der Waals surface area contributed by atoms with E-state index in [1.807, 2.05) is 0 Å². The lowest BCUT2D eigenvalue weighted by molar-refractivity contribution is 0.00578. The van der Waals surface area contributed by atoms with Crippen LogP contribution in [0, 0.1) is 0 Å². The molecule has 0 N–H and O–H groups in total. The van der Waals surface area contributed by atoms with Gasteiger partial charge >= 0.3 is 7.12 Å². The lowest BCUT2D eigenvalue weighted by Crippen LogP contribution is -2.41. The number of rotatable bonds is 3. The Kier molecular flexibility index (Phi) is 6.66. The molecule has 1 fully saturated rings. The van der Waals surface area contributed by atoms with Gasteiger partial charge in [0.05, 0.1) is 11.2 Å². The maximum absolute atomic E-state index is 7.05. The lowest BCUT2D eigenvalue weighted by atomic mass is 9.76. The maximum atomic E-state index is 7.05. The summed E-state index contributed by atoms with van der Waals surface area (Å²) >= 11 is 0. The van der Waals surface area contributed by atoms with Crippen molar-refractivity contribution in [2.75, 3.05) is 0 Å². The van der Waals surface area contributed by atoms with E-state index in [1.54, 1.807) is 0 Å². The van der Waals surface area contributed by atoms with Crippen LogP contribution in [-0.4, -0.2) is 18.3 Å². The summed E-state index contributed by atoms with van der Waals surface area (Å²) < 4.78 is 27.5. The van der Waals surface area contributed by atoms with Gasteiger partial charge in [-0.3, -0.25) is 0 Å². The minimum absolute atomic E-state index is 0.504. The van der Waals surface area contributed by atoms with E-state index < -0.39 is 18.3 Å². The van der Waals surface area contributed by atoms with Crippen LogP contribution in [0.1, 0.15) is 27.7 Å². The summed E-state index contributed by atoms with van der Waals surface area (Å²) in [4.78, 5) is 0. The van der Waals surface area contributed by atoms with E-state index >= 15 is 0 Å². The summed E-state index contributed by atoms with van der Waals surface area (Å²) in [7, 11) is -0.570. The molecule has 0 radical (unpaired) electrons. The molecule has 272 valence electrons. The molecule has 0 saturated carbocycles. The van der Waals surface area contributed by atoms with Crippen molar-refractivity contribution in [2.24, 2.45) is 0 Å². The van der Waals surface area contributed by atoms with Crippen molar-refractivity contribution < 1.29 is 18.1 Å². The molecule has 57 heavy (non-hydrogen) atoms. The number of hydrogen-bond donors (Lipinski definition) is 0. The zero-order valence-electron chi connectivity index (χ0n) is 32.1. The Labute approximate surface area is 329 Å². The Balaban J connectivity index is 1.15.